The lowest BCUT2D eigenvalue weighted by Crippen LogP contribution is -2.43. The quantitative estimate of drug-likeness (QED) is 0.691. The fourth-order valence-electron chi connectivity index (χ4n) is 3.25. The number of aromatic nitrogens is 2. The van der Waals surface area contributed by atoms with E-state index in [0.717, 1.165) is 52.8 Å². The molecule has 1 fully saturated rings. The molecule has 0 aromatic carbocycles. The number of fused-ring (bicyclic) bond motifs is 1. The Bertz CT molecular complexity index is 748. The molecule has 1 aliphatic rings. The standard InChI is InChI=1S/C17H24BrN5O.ClH/c1-10(2)6-14(24)22-13-8-21-17-15(13)16(12(18)7-20-17)23-5-3-4-11(19)9-23;/h7-8,10-11H,3-6,9,19H2,1-2H3,(H,20,21)(H,22,24);1H/t11-;/m1./s1. The van der Waals surface area contributed by atoms with Gasteiger partial charge in [0.1, 0.15) is 5.65 Å². The summed E-state index contributed by atoms with van der Waals surface area (Å²) in [5.41, 5.74) is 8.75. The van der Waals surface area contributed by atoms with Crippen molar-refractivity contribution in [1.29, 1.82) is 0 Å². The van der Waals surface area contributed by atoms with Gasteiger partial charge >= 0.3 is 0 Å². The zero-order chi connectivity index (χ0) is 17.3. The van der Waals surface area contributed by atoms with Gasteiger partial charge in [-0.2, -0.15) is 0 Å². The summed E-state index contributed by atoms with van der Waals surface area (Å²) in [7, 11) is 0. The maximum Gasteiger partial charge on any atom is 0.224 e. The molecule has 4 N–H and O–H groups in total. The maximum absolute atomic E-state index is 12.2. The Morgan fingerprint density at radius 3 is 3.00 bits per heavy atom. The van der Waals surface area contributed by atoms with Crippen LogP contribution in [0.15, 0.2) is 16.9 Å². The smallest absolute Gasteiger partial charge is 0.224 e. The number of halogens is 2. The van der Waals surface area contributed by atoms with E-state index < -0.39 is 0 Å². The minimum absolute atomic E-state index is 0. The van der Waals surface area contributed by atoms with Gasteiger partial charge in [0.05, 0.1) is 21.2 Å². The predicted molar refractivity (Wildman–Crippen MR) is 109 cm³/mol. The molecule has 1 atom stereocenters. The number of nitrogens with one attached hydrogen (secondary N) is 2. The minimum atomic E-state index is 0. The highest BCUT2D eigenvalue weighted by molar-refractivity contribution is 9.10. The first-order valence-corrected chi connectivity index (χ1v) is 9.21. The fraction of sp³-hybridized carbons (Fsp3) is 0.529. The molecule has 0 saturated carbocycles. The Balaban J connectivity index is 0.00000225. The van der Waals surface area contributed by atoms with Crippen LogP contribution < -0.4 is 16.0 Å². The van der Waals surface area contributed by atoms with Gasteiger partial charge < -0.3 is 20.9 Å². The normalized spacial score (nSPS) is 17.6. The summed E-state index contributed by atoms with van der Waals surface area (Å²) < 4.78 is 0.919. The number of nitrogens with two attached hydrogens (primary N) is 1. The number of nitrogens with zero attached hydrogens (tertiary/aromatic N) is 2. The molecule has 0 aliphatic carbocycles. The Hall–Kier alpha value is -1.31. The molecule has 0 radical (unpaired) electrons. The van der Waals surface area contributed by atoms with Gasteiger partial charge in [0.15, 0.2) is 0 Å². The van der Waals surface area contributed by atoms with Gasteiger partial charge in [0, 0.05) is 37.9 Å². The van der Waals surface area contributed by atoms with Crippen LogP contribution in [0.2, 0.25) is 0 Å². The summed E-state index contributed by atoms with van der Waals surface area (Å²) in [5.74, 6) is 0.340. The summed E-state index contributed by atoms with van der Waals surface area (Å²) >= 11 is 3.63. The molecule has 3 rings (SSSR count). The van der Waals surface area contributed by atoms with E-state index in [0.29, 0.717) is 12.3 Å². The number of carbonyl (C=O) groups excluding carboxylic acids is 1. The van der Waals surface area contributed by atoms with E-state index in [1.54, 1.807) is 6.20 Å². The van der Waals surface area contributed by atoms with Gasteiger partial charge in [-0.3, -0.25) is 4.79 Å². The Labute approximate surface area is 162 Å². The molecule has 25 heavy (non-hydrogen) atoms. The van der Waals surface area contributed by atoms with Crippen molar-refractivity contribution < 1.29 is 4.79 Å². The van der Waals surface area contributed by atoms with Crippen molar-refractivity contribution in [2.75, 3.05) is 23.3 Å². The number of hydrogen-bond acceptors (Lipinski definition) is 4. The molecular weight excluding hydrogens is 406 g/mol. The monoisotopic (exact) mass is 429 g/mol. The summed E-state index contributed by atoms with van der Waals surface area (Å²) in [5, 5.41) is 3.97. The molecule has 6 nitrogen and oxygen atoms in total. The lowest BCUT2D eigenvalue weighted by molar-refractivity contribution is -0.116. The molecule has 3 heterocycles. The number of aromatic amines is 1. The third-order valence-electron chi connectivity index (χ3n) is 4.27. The maximum atomic E-state index is 12.2. The van der Waals surface area contributed by atoms with Gasteiger partial charge in [-0.15, -0.1) is 12.4 Å². The molecular formula is C17H25BrClN5O. The number of carbonyl (C=O) groups is 1. The summed E-state index contributed by atoms with van der Waals surface area (Å²) in [6.45, 7) is 5.83. The third kappa shape index (κ3) is 4.46. The van der Waals surface area contributed by atoms with E-state index in [9.17, 15) is 4.79 Å². The van der Waals surface area contributed by atoms with Gasteiger partial charge in [-0.25, -0.2) is 4.98 Å². The number of pyridine rings is 1. The summed E-state index contributed by atoms with van der Waals surface area (Å²) in [6.07, 6.45) is 6.23. The molecule has 138 valence electrons. The number of hydrogen-bond donors (Lipinski definition) is 3. The van der Waals surface area contributed by atoms with Crippen LogP contribution in [0.3, 0.4) is 0 Å². The molecule has 0 unspecified atom stereocenters. The second kappa shape index (κ2) is 8.38. The van der Waals surface area contributed by atoms with E-state index in [1.807, 2.05) is 20.0 Å². The van der Waals surface area contributed by atoms with Crippen molar-refractivity contribution in [3.8, 4) is 0 Å². The highest BCUT2D eigenvalue weighted by Crippen LogP contribution is 2.38. The van der Waals surface area contributed by atoms with E-state index in [4.69, 9.17) is 5.73 Å². The van der Waals surface area contributed by atoms with Crippen molar-refractivity contribution in [2.45, 2.75) is 39.2 Å². The zero-order valence-corrected chi connectivity index (χ0v) is 16.9. The van der Waals surface area contributed by atoms with Crippen LogP contribution >= 0.6 is 28.3 Å². The summed E-state index contributed by atoms with van der Waals surface area (Å²) in [4.78, 5) is 22.1. The Morgan fingerprint density at radius 1 is 1.56 bits per heavy atom. The average Bonchev–Trinajstić information content (AvgIpc) is 2.89. The topological polar surface area (TPSA) is 87.0 Å². The number of H-pyrrole nitrogens is 1. The molecule has 8 heteroatoms. The largest absolute Gasteiger partial charge is 0.368 e. The van der Waals surface area contributed by atoms with Gasteiger partial charge in [0.2, 0.25) is 5.91 Å². The molecule has 0 spiro atoms. The Morgan fingerprint density at radius 2 is 2.32 bits per heavy atom. The molecule has 2 aromatic heterocycles. The fourth-order valence-corrected chi connectivity index (χ4v) is 3.80. The van der Waals surface area contributed by atoms with Crippen LogP contribution in [-0.2, 0) is 4.79 Å². The van der Waals surface area contributed by atoms with Crippen molar-refractivity contribution in [2.24, 2.45) is 11.7 Å². The van der Waals surface area contributed by atoms with Gasteiger partial charge in [-0.05, 0) is 34.7 Å². The number of amides is 1. The second-order valence-corrected chi connectivity index (χ2v) is 7.73. The highest BCUT2D eigenvalue weighted by atomic mass is 79.9. The van der Waals surface area contributed by atoms with Crippen molar-refractivity contribution in [3.05, 3.63) is 16.9 Å². The summed E-state index contributed by atoms with van der Waals surface area (Å²) in [6, 6.07) is 0.173. The molecule has 1 aliphatic heterocycles. The average molecular weight is 431 g/mol. The molecule has 2 aromatic rings. The molecule has 1 amide bonds. The van der Waals surface area contributed by atoms with E-state index in [-0.39, 0.29) is 24.4 Å². The predicted octanol–water partition coefficient (Wildman–Crippen LogP) is 3.66. The van der Waals surface area contributed by atoms with Gasteiger partial charge in [-0.1, -0.05) is 13.8 Å². The van der Waals surface area contributed by atoms with Crippen LogP contribution in [0.4, 0.5) is 11.4 Å². The number of rotatable bonds is 4. The minimum Gasteiger partial charge on any atom is -0.368 e. The van der Waals surface area contributed by atoms with Crippen LogP contribution in [0.5, 0.6) is 0 Å². The van der Waals surface area contributed by atoms with Crippen LogP contribution in [0, 0.1) is 5.92 Å². The Kier molecular flexibility index (Phi) is 6.71. The van der Waals surface area contributed by atoms with Crippen LogP contribution in [0.25, 0.3) is 11.0 Å². The number of anilines is 2. The van der Waals surface area contributed by atoms with Crippen molar-refractivity contribution >= 4 is 56.7 Å². The van der Waals surface area contributed by atoms with Gasteiger partial charge in [0.25, 0.3) is 0 Å². The lowest BCUT2D eigenvalue weighted by atomic mass is 10.1. The lowest BCUT2D eigenvalue weighted by Gasteiger charge is -2.33. The van der Waals surface area contributed by atoms with Crippen molar-refractivity contribution in [3.63, 3.8) is 0 Å². The van der Waals surface area contributed by atoms with Crippen molar-refractivity contribution in [1.82, 2.24) is 9.97 Å². The zero-order valence-electron chi connectivity index (χ0n) is 14.5. The van der Waals surface area contributed by atoms with Crippen LogP contribution in [-0.4, -0.2) is 35.0 Å². The third-order valence-corrected chi connectivity index (χ3v) is 4.85. The first kappa shape index (κ1) is 20.0. The highest BCUT2D eigenvalue weighted by Gasteiger charge is 2.23. The van der Waals surface area contributed by atoms with E-state index in [2.05, 4.69) is 36.1 Å². The second-order valence-electron chi connectivity index (χ2n) is 6.88. The molecule has 0 bridgehead atoms. The van der Waals surface area contributed by atoms with E-state index in [1.165, 1.54) is 0 Å². The molecule has 1 saturated heterocycles. The SMILES string of the molecule is CC(C)CC(=O)Nc1c[nH]c2ncc(Br)c(N3CCC[C@@H](N)C3)c12.Cl. The first-order chi connectivity index (χ1) is 11.5. The van der Waals surface area contributed by atoms with Crippen LogP contribution in [0.1, 0.15) is 33.1 Å². The number of piperidine rings is 1. The van der Waals surface area contributed by atoms with E-state index >= 15 is 0 Å². The first-order valence-electron chi connectivity index (χ1n) is 8.41.